The van der Waals surface area contributed by atoms with Crippen LogP contribution in [0, 0.1) is 13.8 Å². The Balaban J connectivity index is 1.51. The van der Waals surface area contributed by atoms with Gasteiger partial charge < -0.3 is 20.3 Å². The van der Waals surface area contributed by atoms with Gasteiger partial charge in [-0.25, -0.2) is 4.98 Å². The Morgan fingerprint density at radius 2 is 1.84 bits per heavy atom. The van der Waals surface area contributed by atoms with Crippen LogP contribution in [0.1, 0.15) is 22.3 Å². The average molecular weight is 451 g/mol. The summed E-state index contributed by atoms with van der Waals surface area (Å²) in [6, 6.07) is 14.0. The van der Waals surface area contributed by atoms with Crippen LogP contribution in [0.2, 0.25) is 0 Å². The van der Waals surface area contributed by atoms with Crippen molar-refractivity contribution in [2.45, 2.75) is 26.7 Å². The highest BCUT2D eigenvalue weighted by Gasteiger charge is 2.13. The number of hydrogen-bond acceptors (Lipinski definition) is 5. The Bertz CT molecular complexity index is 1350. The first kappa shape index (κ1) is 22.2. The molecule has 0 unspecified atom stereocenters. The zero-order valence-electron chi connectivity index (χ0n) is 18.1. The molecule has 166 valence electrons. The molecule has 0 saturated heterocycles. The molecule has 2 aromatic heterocycles. The number of ether oxygens (including phenoxy) is 1. The molecule has 4 N–H and O–H groups in total. The predicted octanol–water partition coefficient (Wildman–Crippen LogP) is 4.32. The molecule has 7 nitrogen and oxygen atoms in total. The van der Waals surface area contributed by atoms with Crippen LogP contribution in [0.4, 0.5) is 5.82 Å². The van der Waals surface area contributed by atoms with Crippen LogP contribution >= 0.6 is 7.60 Å². The van der Waals surface area contributed by atoms with Crippen LogP contribution < -0.4 is 10.5 Å². The first-order chi connectivity index (χ1) is 15.2. The van der Waals surface area contributed by atoms with E-state index in [1.165, 1.54) is 5.56 Å². The van der Waals surface area contributed by atoms with Crippen LogP contribution in [-0.4, -0.2) is 32.5 Å². The quantitative estimate of drug-likeness (QED) is 0.283. The second-order valence-corrected chi connectivity index (χ2v) is 9.86. The summed E-state index contributed by atoms with van der Waals surface area (Å²) in [6.45, 7) is 4.02. The van der Waals surface area contributed by atoms with E-state index in [2.05, 4.69) is 28.2 Å². The average Bonchev–Trinajstić information content (AvgIpc) is 2.72. The third-order valence-electron chi connectivity index (χ3n) is 5.52. The van der Waals surface area contributed by atoms with E-state index in [-0.39, 0.29) is 12.8 Å². The minimum atomic E-state index is -4.05. The number of aryl methyl sites for hydroxylation is 4. The van der Waals surface area contributed by atoms with Gasteiger partial charge in [0.05, 0.1) is 18.3 Å². The minimum absolute atomic E-state index is 0.0166. The lowest BCUT2D eigenvalue weighted by molar-refractivity contribution is 0.316. The number of nitrogens with zero attached hydrogens (tertiary/aromatic N) is 2. The maximum Gasteiger partial charge on any atom is 0.328 e. The molecule has 0 spiro atoms. The Labute approximate surface area is 186 Å². The van der Waals surface area contributed by atoms with Crippen LogP contribution in [-0.2, 0) is 17.4 Å². The van der Waals surface area contributed by atoms with Gasteiger partial charge in [-0.05, 0) is 73.2 Å². The van der Waals surface area contributed by atoms with Gasteiger partial charge in [0.15, 0.2) is 5.82 Å². The zero-order valence-corrected chi connectivity index (χ0v) is 19.0. The molecule has 4 rings (SSSR count). The summed E-state index contributed by atoms with van der Waals surface area (Å²) < 4.78 is 16.4. The molecule has 0 aliphatic carbocycles. The maximum absolute atomic E-state index is 10.9. The number of fused-ring (bicyclic) bond motifs is 3. The molecule has 0 amide bonds. The number of rotatable bonds is 7. The van der Waals surface area contributed by atoms with Crippen LogP contribution in [0.3, 0.4) is 0 Å². The largest absolute Gasteiger partial charge is 0.493 e. The van der Waals surface area contributed by atoms with E-state index in [0.717, 1.165) is 51.3 Å². The predicted molar refractivity (Wildman–Crippen MR) is 127 cm³/mol. The standard InChI is InChI=1S/C24H26N3O4P/c1-15-3-8-20-21-13-17(14-26-23(21)24(25)27-22(20)11-15)4-5-18-6-7-19(12-16(18)2)31-9-10-32(28,29)30/h3,6-8,11-14H,4-5,9-10H2,1-2H3,(H2,25,27)(H2,28,29,30). The molecule has 0 aliphatic rings. The van der Waals surface area contributed by atoms with Crippen LogP contribution in [0.5, 0.6) is 5.75 Å². The van der Waals surface area contributed by atoms with Crippen molar-refractivity contribution in [3.05, 3.63) is 70.9 Å². The van der Waals surface area contributed by atoms with Crippen LogP contribution in [0.15, 0.2) is 48.7 Å². The monoisotopic (exact) mass is 451 g/mol. The van der Waals surface area contributed by atoms with Gasteiger partial charge in [-0.2, -0.15) is 0 Å². The SMILES string of the molecule is Cc1ccc2c(c1)nc(N)c1ncc(CCc3ccc(OCCP(=O)(O)O)cc3C)cc12. The second-order valence-electron chi connectivity index (χ2n) is 8.08. The summed E-state index contributed by atoms with van der Waals surface area (Å²) in [5, 5.41) is 2.05. The summed E-state index contributed by atoms with van der Waals surface area (Å²) >= 11 is 0. The van der Waals surface area contributed by atoms with Crippen molar-refractivity contribution in [2.24, 2.45) is 0 Å². The molecule has 32 heavy (non-hydrogen) atoms. The molecule has 0 radical (unpaired) electrons. The molecule has 0 bridgehead atoms. The highest BCUT2D eigenvalue weighted by molar-refractivity contribution is 7.51. The van der Waals surface area contributed by atoms with Gasteiger partial charge in [-0.3, -0.25) is 9.55 Å². The van der Waals surface area contributed by atoms with Gasteiger partial charge in [0, 0.05) is 17.0 Å². The van der Waals surface area contributed by atoms with E-state index in [1.54, 1.807) is 0 Å². The van der Waals surface area contributed by atoms with Crippen molar-refractivity contribution in [1.82, 2.24) is 9.97 Å². The van der Waals surface area contributed by atoms with Crippen LogP contribution in [0.25, 0.3) is 21.8 Å². The lowest BCUT2D eigenvalue weighted by atomic mass is 9.99. The van der Waals surface area contributed by atoms with Gasteiger partial charge in [-0.1, -0.05) is 18.2 Å². The fraction of sp³-hybridized carbons (Fsp3) is 0.250. The fourth-order valence-corrected chi connectivity index (χ4v) is 4.13. The Hall–Kier alpha value is -2.99. The Morgan fingerprint density at radius 1 is 1.03 bits per heavy atom. The minimum Gasteiger partial charge on any atom is -0.493 e. The van der Waals surface area contributed by atoms with Crippen molar-refractivity contribution in [3.63, 3.8) is 0 Å². The highest BCUT2D eigenvalue weighted by atomic mass is 31.2. The molecule has 0 atom stereocenters. The van der Waals surface area contributed by atoms with E-state index in [9.17, 15) is 4.57 Å². The highest BCUT2D eigenvalue weighted by Crippen LogP contribution is 2.33. The Morgan fingerprint density at radius 3 is 2.59 bits per heavy atom. The molecule has 2 aromatic carbocycles. The molecule has 8 heteroatoms. The van der Waals surface area contributed by atoms with E-state index in [1.807, 2.05) is 44.3 Å². The summed E-state index contributed by atoms with van der Waals surface area (Å²) in [5.74, 6) is 1.05. The lowest BCUT2D eigenvalue weighted by Crippen LogP contribution is -2.04. The zero-order chi connectivity index (χ0) is 22.9. The van der Waals surface area contributed by atoms with Crippen molar-refractivity contribution >= 4 is 35.2 Å². The molecule has 4 aromatic rings. The summed E-state index contributed by atoms with van der Waals surface area (Å²) in [5.41, 5.74) is 12.3. The number of aromatic nitrogens is 2. The number of nitrogen functional groups attached to an aromatic ring is 1. The molecular formula is C24H26N3O4P. The second kappa shape index (κ2) is 8.87. The van der Waals surface area contributed by atoms with Gasteiger partial charge in [0.1, 0.15) is 11.3 Å². The van der Waals surface area contributed by atoms with Crippen molar-refractivity contribution in [2.75, 3.05) is 18.5 Å². The summed E-state index contributed by atoms with van der Waals surface area (Å²) in [4.78, 5) is 27.0. The summed E-state index contributed by atoms with van der Waals surface area (Å²) in [7, 11) is -4.05. The van der Waals surface area contributed by atoms with E-state index in [4.69, 9.17) is 20.3 Å². The maximum atomic E-state index is 10.9. The van der Waals surface area contributed by atoms with Gasteiger partial charge in [-0.15, -0.1) is 0 Å². The van der Waals surface area contributed by atoms with Gasteiger partial charge in [0.25, 0.3) is 0 Å². The first-order valence-corrected chi connectivity index (χ1v) is 12.2. The number of benzene rings is 2. The van der Waals surface area contributed by atoms with E-state index >= 15 is 0 Å². The number of anilines is 1. The van der Waals surface area contributed by atoms with E-state index < -0.39 is 7.60 Å². The molecule has 0 saturated carbocycles. The molecule has 2 heterocycles. The first-order valence-electron chi connectivity index (χ1n) is 10.4. The number of hydrogen-bond donors (Lipinski definition) is 3. The fourth-order valence-electron chi connectivity index (χ4n) is 3.80. The topological polar surface area (TPSA) is 119 Å². The smallest absolute Gasteiger partial charge is 0.328 e. The summed E-state index contributed by atoms with van der Waals surface area (Å²) in [6.07, 6.45) is 3.21. The van der Waals surface area contributed by atoms with Gasteiger partial charge in [0.2, 0.25) is 0 Å². The lowest BCUT2D eigenvalue weighted by Gasteiger charge is -2.12. The number of nitrogens with two attached hydrogens (primary N) is 1. The van der Waals surface area contributed by atoms with E-state index in [0.29, 0.717) is 11.6 Å². The third-order valence-corrected chi connectivity index (χ3v) is 6.28. The van der Waals surface area contributed by atoms with Crippen molar-refractivity contribution in [1.29, 1.82) is 0 Å². The normalized spacial score (nSPS) is 11.9. The van der Waals surface area contributed by atoms with Gasteiger partial charge >= 0.3 is 7.60 Å². The molecule has 0 aliphatic heterocycles. The third kappa shape index (κ3) is 5.07. The van der Waals surface area contributed by atoms with Crippen molar-refractivity contribution in [3.8, 4) is 5.75 Å². The Kier molecular flexibility index (Phi) is 6.15. The number of pyridine rings is 2. The van der Waals surface area contributed by atoms with Crippen molar-refractivity contribution < 1.29 is 19.1 Å². The molecular weight excluding hydrogens is 425 g/mol. The molecule has 0 fully saturated rings.